The van der Waals surface area contributed by atoms with Gasteiger partial charge >= 0.3 is 0 Å². The van der Waals surface area contributed by atoms with Crippen LogP contribution in [-0.2, 0) is 11.2 Å². The molecule has 1 saturated heterocycles. The van der Waals surface area contributed by atoms with E-state index in [2.05, 4.69) is 22.4 Å². The number of amides is 2. The molecule has 0 aliphatic carbocycles. The number of halogens is 1. The topological polar surface area (TPSA) is 84.4 Å². The largest absolute Gasteiger partial charge is 0.496 e. The standard InChI is InChI=1S/C22H21ClN4O3S/c1-3-13-4-7-16(8-5-13)27-12-14(10-19(27)28)21-25-26-22(31-21)24-20(29)17-11-15(23)6-9-18(17)30-2/h4-9,11,14H,3,10,12H2,1-2H3,(H,24,26,29)/t14-/m0/s1. The molecule has 1 aliphatic rings. The SMILES string of the molecule is CCc1ccc(N2C[C@@H](c3nnc(NC(=O)c4cc(Cl)ccc4OC)s3)CC2=O)cc1. The molecule has 9 heteroatoms. The minimum absolute atomic E-state index is 0.0543. The van der Waals surface area contributed by atoms with E-state index < -0.39 is 0 Å². The molecule has 1 atom stereocenters. The molecule has 4 rings (SSSR count). The Balaban J connectivity index is 1.46. The van der Waals surface area contributed by atoms with Crippen LogP contribution in [0.4, 0.5) is 10.8 Å². The van der Waals surface area contributed by atoms with E-state index in [-0.39, 0.29) is 17.7 Å². The third kappa shape index (κ3) is 4.55. The Morgan fingerprint density at radius 1 is 1.26 bits per heavy atom. The fraction of sp³-hybridized carbons (Fsp3) is 0.273. The smallest absolute Gasteiger partial charge is 0.261 e. The van der Waals surface area contributed by atoms with Gasteiger partial charge in [0.1, 0.15) is 10.8 Å². The van der Waals surface area contributed by atoms with Crippen molar-refractivity contribution >= 4 is 45.6 Å². The number of aryl methyl sites for hydroxylation is 1. The number of carbonyl (C=O) groups is 2. The normalized spacial score (nSPS) is 15.9. The summed E-state index contributed by atoms with van der Waals surface area (Å²) in [4.78, 5) is 27.0. The summed E-state index contributed by atoms with van der Waals surface area (Å²) < 4.78 is 5.23. The summed E-state index contributed by atoms with van der Waals surface area (Å²) in [6, 6.07) is 12.9. The summed E-state index contributed by atoms with van der Waals surface area (Å²) in [5, 5.41) is 12.5. The van der Waals surface area contributed by atoms with Gasteiger partial charge in [0.05, 0.1) is 12.7 Å². The number of methoxy groups -OCH3 is 1. The van der Waals surface area contributed by atoms with Crippen LogP contribution in [0.3, 0.4) is 0 Å². The summed E-state index contributed by atoms with van der Waals surface area (Å²) >= 11 is 7.28. The molecule has 31 heavy (non-hydrogen) atoms. The van der Waals surface area contributed by atoms with Crippen molar-refractivity contribution in [2.75, 3.05) is 23.9 Å². The van der Waals surface area contributed by atoms with Crippen molar-refractivity contribution in [3.8, 4) is 5.75 Å². The fourth-order valence-electron chi connectivity index (χ4n) is 3.51. The van der Waals surface area contributed by atoms with Crippen LogP contribution >= 0.6 is 22.9 Å². The Morgan fingerprint density at radius 3 is 2.74 bits per heavy atom. The highest BCUT2D eigenvalue weighted by Crippen LogP contribution is 2.34. The number of hydrogen-bond acceptors (Lipinski definition) is 6. The fourth-order valence-corrected chi connectivity index (χ4v) is 4.51. The lowest BCUT2D eigenvalue weighted by Gasteiger charge is -2.16. The summed E-state index contributed by atoms with van der Waals surface area (Å²) in [7, 11) is 1.49. The zero-order chi connectivity index (χ0) is 22.0. The van der Waals surface area contributed by atoms with Gasteiger partial charge < -0.3 is 9.64 Å². The van der Waals surface area contributed by atoms with E-state index in [0.29, 0.717) is 34.4 Å². The predicted octanol–water partition coefficient (Wildman–Crippen LogP) is 4.54. The van der Waals surface area contributed by atoms with Gasteiger partial charge in [-0.05, 0) is 42.3 Å². The molecule has 1 aromatic heterocycles. The molecule has 1 aliphatic heterocycles. The van der Waals surface area contributed by atoms with Crippen LogP contribution in [-0.4, -0.2) is 35.7 Å². The Hall–Kier alpha value is -2.97. The maximum absolute atomic E-state index is 12.6. The van der Waals surface area contributed by atoms with Crippen molar-refractivity contribution in [1.29, 1.82) is 0 Å². The van der Waals surface area contributed by atoms with E-state index in [1.54, 1.807) is 17.0 Å². The van der Waals surface area contributed by atoms with Crippen molar-refractivity contribution < 1.29 is 14.3 Å². The average Bonchev–Trinajstić information content (AvgIpc) is 3.40. The number of nitrogens with zero attached hydrogens (tertiary/aromatic N) is 3. The van der Waals surface area contributed by atoms with Gasteiger partial charge in [0.2, 0.25) is 11.0 Å². The number of benzene rings is 2. The first-order valence-corrected chi connectivity index (χ1v) is 11.1. The number of hydrogen-bond donors (Lipinski definition) is 1. The third-order valence-corrected chi connectivity index (χ3v) is 6.43. The van der Waals surface area contributed by atoms with Crippen LogP contribution in [0.5, 0.6) is 5.75 Å². The zero-order valence-electron chi connectivity index (χ0n) is 17.1. The second-order valence-corrected chi connectivity index (χ2v) is 8.62. The molecule has 2 heterocycles. The van der Waals surface area contributed by atoms with E-state index in [0.717, 1.165) is 17.1 Å². The van der Waals surface area contributed by atoms with Crippen molar-refractivity contribution in [2.24, 2.45) is 0 Å². The predicted molar refractivity (Wildman–Crippen MR) is 121 cm³/mol. The summed E-state index contributed by atoms with van der Waals surface area (Å²) in [6.07, 6.45) is 1.32. The first kappa shape index (κ1) is 21.3. The van der Waals surface area contributed by atoms with Crippen LogP contribution in [0.25, 0.3) is 0 Å². The Labute approximate surface area is 189 Å². The molecule has 0 spiro atoms. The Morgan fingerprint density at radius 2 is 2.03 bits per heavy atom. The van der Waals surface area contributed by atoms with Crippen LogP contribution in [0.15, 0.2) is 42.5 Å². The average molecular weight is 457 g/mol. The molecular formula is C22H21ClN4O3S. The van der Waals surface area contributed by atoms with E-state index >= 15 is 0 Å². The van der Waals surface area contributed by atoms with Gasteiger partial charge in [-0.1, -0.05) is 42.0 Å². The number of nitrogens with one attached hydrogen (secondary N) is 1. The highest BCUT2D eigenvalue weighted by Gasteiger charge is 2.34. The lowest BCUT2D eigenvalue weighted by molar-refractivity contribution is -0.117. The molecule has 7 nitrogen and oxygen atoms in total. The maximum Gasteiger partial charge on any atom is 0.261 e. The lowest BCUT2D eigenvalue weighted by Crippen LogP contribution is -2.24. The molecule has 1 N–H and O–H groups in total. The summed E-state index contributed by atoms with van der Waals surface area (Å²) in [5.74, 6) is 0.0147. The van der Waals surface area contributed by atoms with Crippen molar-refractivity contribution in [2.45, 2.75) is 25.7 Å². The van der Waals surface area contributed by atoms with E-state index in [4.69, 9.17) is 16.3 Å². The van der Waals surface area contributed by atoms with Crippen molar-refractivity contribution in [3.05, 3.63) is 63.6 Å². The van der Waals surface area contributed by atoms with Gasteiger partial charge in [-0.25, -0.2) is 0 Å². The maximum atomic E-state index is 12.6. The second kappa shape index (κ2) is 9.03. The third-order valence-electron chi connectivity index (χ3n) is 5.20. The molecule has 0 unspecified atom stereocenters. The molecule has 160 valence electrons. The van der Waals surface area contributed by atoms with Gasteiger partial charge in [0, 0.05) is 29.6 Å². The molecular weight excluding hydrogens is 436 g/mol. The minimum Gasteiger partial charge on any atom is -0.496 e. The number of carbonyl (C=O) groups excluding carboxylic acids is 2. The van der Waals surface area contributed by atoms with Crippen molar-refractivity contribution in [1.82, 2.24) is 10.2 Å². The summed E-state index contributed by atoms with van der Waals surface area (Å²) in [5.41, 5.74) is 2.42. The van der Waals surface area contributed by atoms with Gasteiger partial charge in [0.25, 0.3) is 5.91 Å². The van der Waals surface area contributed by atoms with Crippen LogP contribution in [0, 0.1) is 0 Å². The minimum atomic E-state index is -0.387. The van der Waals surface area contributed by atoms with E-state index in [1.165, 1.54) is 30.1 Å². The summed E-state index contributed by atoms with van der Waals surface area (Å²) in [6.45, 7) is 2.63. The second-order valence-electron chi connectivity index (χ2n) is 7.17. The van der Waals surface area contributed by atoms with Gasteiger partial charge in [-0.3, -0.25) is 14.9 Å². The van der Waals surface area contributed by atoms with Gasteiger partial charge in [0.15, 0.2) is 0 Å². The highest BCUT2D eigenvalue weighted by atomic mass is 35.5. The molecule has 2 amide bonds. The molecule has 0 radical (unpaired) electrons. The zero-order valence-corrected chi connectivity index (χ0v) is 18.7. The monoisotopic (exact) mass is 456 g/mol. The first-order chi connectivity index (χ1) is 15.0. The highest BCUT2D eigenvalue weighted by molar-refractivity contribution is 7.15. The molecule has 2 aromatic carbocycles. The molecule has 0 saturated carbocycles. The van der Waals surface area contributed by atoms with Gasteiger partial charge in [-0.2, -0.15) is 0 Å². The van der Waals surface area contributed by atoms with Crippen LogP contribution in [0.2, 0.25) is 5.02 Å². The van der Waals surface area contributed by atoms with Crippen LogP contribution < -0.4 is 15.0 Å². The van der Waals surface area contributed by atoms with Crippen LogP contribution in [0.1, 0.15) is 40.2 Å². The number of anilines is 2. The number of aromatic nitrogens is 2. The number of ether oxygens (including phenoxy) is 1. The van der Waals surface area contributed by atoms with Crippen molar-refractivity contribution in [3.63, 3.8) is 0 Å². The van der Waals surface area contributed by atoms with E-state index in [1.807, 2.05) is 24.3 Å². The number of rotatable bonds is 6. The first-order valence-electron chi connectivity index (χ1n) is 9.86. The Bertz CT molecular complexity index is 1120. The Kier molecular flexibility index (Phi) is 6.20. The van der Waals surface area contributed by atoms with Gasteiger partial charge in [-0.15, -0.1) is 10.2 Å². The molecule has 0 bridgehead atoms. The molecule has 3 aromatic rings. The van der Waals surface area contributed by atoms with E-state index in [9.17, 15) is 9.59 Å². The quantitative estimate of drug-likeness (QED) is 0.588. The molecule has 1 fully saturated rings. The lowest BCUT2D eigenvalue weighted by atomic mass is 10.1.